The molecular formula is C16H25NO. The van der Waals surface area contributed by atoms with Gasteiger partial charge in [0, 0.05) is 12.6 Å². The molecule has 2 atom stereocenters. The van der Waals surface area contributed by atoms with Crippen LogP contribution >= 0.6 is 0 Å². The van der Waals surface area contributed by atoms with E-state index in [0.717, 1.165) is 25.9 Å². The van der Waals surface area contributed by atoms with Gasteiger partial charge in [0.2, 0.25) is 0 Å². The largest absolute Gasteiger partial charge is 0.378 e. The summed E-state index contributed by atoms with van der Waals surface area (Å²) in [6.07, 6.45) is 6.07. The Bertz CT molecular complexity index is 362. The second-order valence-electron chi connectivity index (χ2n) is 5.67. The van der Waals surface area contributed by atoms with Gasteiger partial charge in [-0.25, -0.2) is 0 Å². The van der Waals surface area contributed by atoms with Crippen LogP contribution in [0.15, 0.2) is 18.2 Å². The Kier molecular flexibility index (Phi) is 4.79. The predicted molar refractivity (Wildman–Crippen MR) is 75.8 cm³/mol. The van der Waals surface area contributed by atoms with Gasteiger partial charge in [-0.2, -0.15) is 0 Å². The molecule has 0 radical (unpaired) electrons. The van der Waals surface area contributed by atoms with E-state index in [-0.39, 0.29) is 6.04 Å². The molecule has 0 aromatic heterocycles. The molecule has 1 aromatic carbocycles. The molecule has 1 fully saturated rings. The minimum atomic E-state index is 0.260. The lowest BCUT2D eigenvalue weighted by Crippen LogP contribution is -2.24. The van der Waals surface area contributed by atoms with Crippen molar-refractivity contribution in [2.24, 2.45) is 5.73 Å². The molecule has 0 aliphatic carbocycles. The second kappa shape index (κ2) is 6.35. The molecule has 0 spiro atoms. The van der Waals surface area contributed by atoms with Crippen LogP contribution in [-0.4, -0.2) is 18.8 Å². The average Bonchev–Trinajstić information content (AvgIpc) is 2.77. The lowest BCUT2D eigenvalue weighted by Gasteiger charge is -2.15. The summed E-state index contributed by atoms with van der Waals surface area (Å²) in [7, 11) is 0. The monoisotopic (exact) mass is 247 g/mol. The molecule has 0 bridgehead atoms. The molecule has 1 aromatic rings. The summed E-state index contributed by atoms with van der Waals surface area (Å²) in [6.45, 7) is 5.24. The average molecular weight is 247 g/mol. The van der Waals surface area contributed by atoms with Gasteiger partial charge in [-0.3, -0.25) is 0 Å². The van der Waals surface area contributed by atoms with Gasteiger partial charge in [0.25, 0.3) is 0 Å². The van der Waals surface area contributed by atoms with Crippen molar-refractivity contribution in [2.45, 2.75) is 58.1 Å². The third kappa shape index (κ3) is 4.11. The van der Waals surface area contributed by atoms with Crippen LogP contribution < -0.4 is 5.73 Å². The van der Waals surface area contributed by atoms with Crippen LogP contribution in [0.25, 0.3) is 0 Å². The Balaban J connectivity index is 1.80. The van der Waals surface area contributed by atoms with Gasteiger partial charge in [-0.15, -0.1) is 0 Å². The summed E-state index contributed by atoms with van der Waals surface area (Å²) in [5.74, 6) is 0. The second-order valence-corrected chi connectivity index (χ2v) is 5.67. The summed E-state index contributed by atoms with van der Waals surface area (Å²) < 4.78 is 5.64. The van der Waals surface area contributed by atoms with E-state index in [4.69, 9.17) is 10.5 Å². The standard InChI is InChI=1S/C16H25NO/c1-12-8-13(2)10-14(9-12)11-15(17)5-6-16-4-3-7-18-16/h8-10,15-16H,3-7,11,17H2,1-2H3. The van der Waals surface area contributed by atoms with Gasteiger partial charge >= 0.3 is 0 Å². The van der Waals surface area contributed by atoms with Gasteiger partial charge in [0.1, 0.15) is 0 Å². The number of hydrogen-bond acceptors (Lipinski definition) is 2. The van der Waals surface area contributed by atoms with E-state index < -0.39 is 0 Å². The van der Waals surface area contributed by atoms with E-state index >= 15 is 0 Å². The zero-order chi connectivity index (χ0) is 13.0. The lowest BCUT2D eigenvalue weighted by molar-refractivity contribution is 0.101. The van der Waals surface area contributed by atoms with Crippen LogP contribution in [0.4, 0.5) is 0 Å². The first-order chi connectivity index (χ1) is 8.63. The zero-order valence-electron chi connectivity index (χ0n) is 11.6. The van der Waals surface area contributed by atoms with E-state index in [2.05, 4.69) is 32.0 Å². The fraction of sp³-hybridized carbons (Fsp3) is 0.625. The molecule has 2 heteroatoms. The highest BCUT2D eigenvalue weighted by Crippen LogP contribution is 2.18. The summed E-state index contributed by atoms with van der Waals surface area (Å²) in [4.78, 5) is 0. The van der Waals surface area contributed by atoms with Crippen molar-refractivity contribution >= 4 is 0 Å². The Labute approximate surface area is 111 Å². The van der Waals surface area contributed by atoms with Crippen LogP contribution in [0, 0.1) is 13.8 Å². The van der Waals surface area contributed by atoms with Gasteiger partial charge in [0.15, 0.2) is 0 Å². The summed E-state index contributed by atoms with van der Waals surface area (Å²) in [6, 6.07) is 6.97. The van der Waals surface area contributed by atoms with Crippen molar-refractivity contribution in [3.63, 3.8) is 0 Å². The zero-order valence-corrected chi connectivity index (χ0v) is 11.6. The highest BCUT2D eigenvalue weighted by molar-refractivity contribution is 5.29. The molecular weight excluding hydrogens is 222 g/mol. The van der Waals surface area contributed by atoms with Crippen molar-refractivity contribution in [1.82, 2.24) is 0 Å². The first-order valence-corrected chi connectivity index (χ1v) is 7.08. The first kappa shape index (κ1) is 13.6. The molecule has 2 rings (SSSR count). The summed E-state index contributed by atoms with van der Waals surface area (Å²) in [5.41, 5.74) is 10.3. The molecule has 1 aliphatic rings. The van der Waals surface area contributed by atoms with Gasteiger partial charge < -0.3 is 10.5 Å². The quantitative estimate of drug-likeness (QED) is 0.867. The Morgan fingerprint density at radius 3 is 2.61 bits per heavy atom. The molecule has 1 aliphatic heterocycles. The molecule has 2 unspecified atom stereocenters. The number of aryl methyl sites for hydroxylation is 2. The van der Waals surface area contributed by atoms with Crippen molar-refractivity contribution in [2.75, 3.05) is 6.61 Å². The summed E-state index contributed by atoms with van der Waals surface area (Å²) >= 11 is 0. The lowest BCUT2D eigenvalue weighted by atomic mass is 9.98. The minimum Gasteiger partial charge on any atom is -0.378 e. The number of hydrogen-bond donors (Lipinski definition) is 1. The van der Waals surface area contributed by atoms with E-state index in [1.165, 1.54) is 29.5 Å². The van der Waals surface area contributed by atoms with Crippen LogP contribution in [0.5, 0.6) is 0 Å². The van der Waals surface area contributed by atoms with Gasteiger partial charge in [-0.1, -0.05) is 29.3 Å². The number of ether oxygens (including phenoxy) is 1. The van der Waals surface area contributed by atoms with Gasteiger partial charge in [0.05, 0.1) is 6.10 Å². The number of rotatable bonds is 5. The molecule has 100 valence electrons. The topological polar surface area (TPSA) is 35.2 Å². The van der Waals surface area contributed by atoms with Crippen LogP contribution in [-0.2, 0) is 11.2 Å². The maximum absolute atomic E-state index is 6.23. The molecule has 0 amide bonds. The molecule has 18 heavy (non-hydrogen) atoms. The molecule has 2 nitrogen and oxygen atoms in total. The van der Waals surface area contributed by atoms with Crippen molar-refractivity contribution in [3.8, 4) is 0 Å². The fourth-order valence-electron chi connectivity index (χ4n) is 2.86. The minimum absolute atomic E-state index is 0.260. The highest BCUT2D eigenvalue weighted by atomic mass is 16.5. The maximum Gasteiger partial charge on any atom is 0.0576 e. The van der Waals surface area contributed by atoms with E-state index in [9.17, 15) is 0 Å². The molecule has 0 saturated carbocycles. The Morgan fingerprint density at radius 2 is 2.00 bits per heavy atom. The SMILES string of the molecule is Cc1cc(C)cc(CC(N)CCC2CCCO2)c1. The molecule has 1 saturated heterocycles. The van der Waals surface area contributed by atoms with E-state index in [1.54, 1.807) is 0 Å². The van der Waals surface area contributed by atoms with Crippen LogP contribution in [0.1, 0.15) is 42.4 Å². The smallest absolute Gasteiger partial charge is 0.0576 e. The van der Waals surface area contributed by atoms with Crippen LogP contribution in [0.2, 0.25) is 0 Å². The van der Waals surface area contributed by atoms with Crippen LogP contribution in [0.3, 0.4) is 0 Å². The Morgan fingerprint density at radius 1 is 1.28 bits per heavy atom. The third-order valence-electron chi connectivity index (χ3n) is 3.66. The summed E-state index contributed by atoms with van der Waals surface area (Å²) in [5, 5.41) is 0. The first-order valence-electron chi connectivity index (χ1n) is 7.08. The third-order valence-corrected chi connectivity index (χ3v) is 3.66. The Hall–Kier alpha value is -0.860. The predicted octanol–water partition coefficient (Wildman–Crippen LogP) is 3.13. The van der Waals surface area contributed by atoms with E-state index in [1.807, 2.05) is 0 Å². The number of nitrogens with two attached hydrogens (primary N) is 1. The number of benzene rings is 1. The fourth-order valence-corrected chi connectivity index (χ4v) is 2.86. The highest BCUT2D eigenvalue weighted by Gasteiger charge is 2.16. The van der Waals surface area contributed by atoms with Crippen molar-refractivity contribution < 1.29 is 4.74 Å². The maximum atomic E-state index is 6.23. The van der Waals surface area contributed by atoms with Crippen molar-refractivity contribution in [1.29, 1.82) is 0 Å². The van der Waals surface area contributed by atoms with E-state index in [0.29, 0.717) is 6.10 Å². The normalized spacial score (nSPS) is 21.2. The van der Waals surface area contributed by atoms with Gasteiger partial charge in [-0.05, 0) is 51.5 Å². The molecule has 2 N–H and O–H groups in total. The molecule has 1 heterocycles. The van der Waals surface area contributed by atoms with Crippen molar-refractivity contribution in [3.05, 3.63) is 34.9 Å².